The molecule has 3 rings (SSSR count). The molecule has 19 heavy (non-hydrogen) atoms. The van der Waals surface area contributed by atoms with E-state index in [-0.39, 0.29) is 0 Å². The highest BCUT2D eigenvalue weighted by molar-refractivity contribution is 5.85. The number of aromatic nitrogens is 2. The van der Waals surface area contributed by atoms with Crippen molar-refractivity contribution in [1.29, 1.82) is 0 Å². The predicted octanol–water partition coefficient (Wildman–Crippen LogP) is 3.65. The molecular weight excluding hydrogens is 234 g/mol. The van der Waals surface area contributed by atoms with E-state index < -0.39 is 0 Å². The van der Waals surface area contributed by atoms with Crippen LogP contribution in [-0.2, 0) is 0 Å². The summed E-state index contributed by atoms with van der Waals surface area (Å²) in [5.41, 5.74) is 4.33. The summed E-state index contributed by atoms with van der Waals surface area (Å²) in [4.78, 5) is 8.93. The van der Waals surface area contributed by atoms with Crippen LogP contribution in [0, 0.1) is 6.92 Å². The van der Waals surface area contributed by atoms with E-state index in [0.29, 0.717) is 0 Å². The lowest BCUT2D eigenvalue weighted by Crippen LogP contribution is -1.92. The van der Waals surface area contributed by atoms with Gasteiger partial charge in [0.2, 0.25) is 0 Å². The number of rotatable bonds is 2. The van der Waals surface area contributed by atoms with Gasteiger partial charge in [-0.1, -0.05) is 6.07 Å². The van der Waals surface area contributed by atoms with Crippen molar-refractivity contribution in [2.45, 2.75) is 6.92 Å². The maximum atomic E-state index is 4.51. The maximum Gasteiger partial charge on any atom is 0.126 e. The molecule has 0 amide bonds. The molecule has 0 aliphatic carbocycles. The molecule has 3 aromatic rings. The number of hydrogen-bond acceptors (Lipinski definition) is 3. The first-order valence-electron chi connectivity index (χ1n) is 6.28. The Kier molecular flexibility index (Phi) is 2.88. The lowest BCUT2D eigenvalue weighted by molar-refractivity contribution is 1.29. The first-order chi connectivity index (χ1) is 9.26. The van der Waals surface area contributed by atoms with Gasteiger partial charge in [-0.25, -0.2) is 4.98 Å². The Bertz CT molecular complexity index is 735. The van der Waals surface area contributed by atoms with E-state index in [1.165, 1.54) is 5.56 Å². The molecule has 3 nitrogen and oxygen atoms in total. The van der Waals surface area contributed by atoms with Crippen molar-refractivity contribution in [2.75, 3.05) is 12.4 Å². The average molecular weight is 249 g/mol. The molecule has 1 N–H and O–H groups in total. The molecular formula is C16H15N3. The van der Waals surface area contributed by atoms with Gasteiger partial charge in [-0.15, -0.1) is 0 Å². The molecule has 0 spiro atoms. The van der Waals surface area contributed by atoms with Crippen molar-refractivity contribution < 1.29 is 0 Å². The minimum absolute atomic E-state index is 0.883. The van der Waals surface area contributed by atoms with Crippen molar-refractivity contribution in [3.05, 3.63) is 54.2 Å². The molecule has 0 radical (unpaired) electrons. The van der Waals surface area contributed by atoms with Crippen LogP contribution in [-0.4, -0.2) is 17.0 Å². The number of benzene rings is 1. The van der Waals surface area contributed by atoms with Crippen LogP contribution in [0.3, 0.4) is 0 Å². The first-order valence-corrected chi connectivity index (χ1v) is 6.28. The van der Waals surface area contributed by atoms with Crippen LogP contribution in [0.4, 0.5) is 5.82 Å². The molecule has 0 bridgehead atoms. The fourth-order valence-electron chi connectivity index (χ4n) is 2.12. The largest absolute Gasteiger partial charge is 0.373 e. The van der Waals surface area contributed by atoms with Crippen LogP contribution in [0.15, 0.2) is 48.7 Å². The molecule has 0 aliphatic rings. The van der Waals surface area contributed by atoms with Gasteiger partial charge in [-0.05, 0) is 48.9 Å². The topological polar surface area (TPSA) is 37.8 Å². The van der Waals surface area contributed by atoms with Gasteiger partial charge in [-0.3, -0.25) is 4.98 Å². The first kappa shape index (κ1) is 11.7. The fraction of sp³-hybridized carbons (Fsp3) is 0.125. The Hall–Kier alpha value is -2.42. The number of hydrogen-bond donors (Lipinski definition) is 1. The molecule has 0 saturated carbocycles. The summed E-state index contributed by atoms with van der Waals surface area (Å²) in [6, 6.07) is 14.4. The zero-order valence-electron chi connectivity index (χ0n) is 11.0. The van der Waals surface area contributed by atoms with E-state index in [0.717, 1.165) is 28.0 Å². The second-order valence-electron chi connectivity index (χ2n) is 4.57. The SMILES string of the molecule is CNc1ccc2cc(-c3cc(C)ccn3)ccc2n1. The smallest absolute Gasteiger partial charge is 0.126 e. The number of fused-ring (bicyclic) bond motifs is 1. The number of nitrogens with one attached hydrogen (secondary N) is 1. The van der Waals surface area contributed by atoms with Crippen LogP contribution < -0.4 is 5.32 Å². The minimum Gasteiger partial charge on any atom is -0.373 e. The number of nitrogens with zero attached hydrogens (tertiary/aromatic N) is 2. The summed E-state index contributed by atoms with van der Waals surface area (Å²) in [6.07, 6.45) is 1.84. The van der Waals surface area contributed by atoms with Crippen LogP contribution in [0.1, 0.15) is 5.56 Å². The zero-order valence-corrected chi connectivity index (χ0v) is 11.0. The number of pyridine rings is 2. The van der Waals surface area contributed by atoms with E-state index >= 15 is 0 Å². The van der Waals surface area contributed by atoms with Gasteiger partial charge in [0.25, 0.3) is 0 Å². The highest BCUT2D eigenvalue weighted by Gasteiger charge is 2.02. The van der Waals surface area contributed by atoms with Gasteiger partial charge >= 0.3 is 0 Å². The van der Waals surface area contributed by atoms with E-state index in [1.54, 1.807) is 0 Å². The Balaban J connectivity index is 2.11. The van der Waals surface area contributed by atoms with Crippen LogP contribution in [0.5, 0.6) is 0 Å². The van der Waals surface area contributed by atoms with E-state index in [9.17, 15) is 0 Å². The normalized spacial score (nSPS) is 10.6. The van der Waals surface area contributed by atoms with Gasteiger partial charge < -0.3 is 5.32 Å². The van der Waals surface area contributed by atoms with Gasteiger partial charge in [0.05, 0.1) is 11.2 Å². The molecule has 2 aromatic heterocycles. The van der Waals surface area contributed by atoms with E-state index in [1.807, 2.05) is 31.4 Å². The Morgan fingerprint density at radius 1 is 1.00 bits per heavy atom. The van der Waals surface area contributed by atoms with Crippen molar-refractivity contribution in [3.63, 3.8) is 0 Å². The summed E-state index contributed by atoms with van der Waals surface area (Å²) in [6.45, 7) is 2.08. The van der Waals surface area contributed by atoms with Crippen molar-refractivity contribution >= 4 is 16.7 Å². The number of anilines is 1. The lowest BCUT2D eigenvalue weighted by atomic mass is 10.1. The zero-order chi connectivity index (χ0) is 13.2. The third kappa shape index (κ3) is 2.27. The quantitative estimate of drug-likeness (QED) is 0.753. The van der Waals surface area contributed by atoms with Gasteiger partial charge in [0.1, 0.15) is 5.82 Å². The summed E-state index contributed by atoms with van der Waals surface area (Å²) in [5.74, 6) is 0.883. The number of aryl methyl sites for hydroxylation is 1. The molecule has 0 fully saturated rings. The van der Waals surface area contributed by atoms with Crippen molar-refractivity contribution in [1.82, 2.24) is 9.97 Å². The fourth-order valence-corrected chi connectivity index (χ4v) is 2.12. The Morgan fingerprint density at radius 3 is 2.68 bits per heavy atom. The van der Waals surface area contributed by atoms with Crippen LogP contribution >= 0.6 is 0 Å². The standard InChI is InChI=1S/C16H15N3/c1-11-7-8-18-15(9-11)13-3-5-14-12(10-13)4-6-16(17-2)19-14/h3-10H,1-2H3,(H,17,19). The third-order valence-corrected chi connectivity index (χ3v) is 3.16. The summed E-state index contributed by atoms with van der Waals surface area (Å²) >= 11 is 0. The second-order valence-corrected chi connectivity index (χ2v) is 4.57. The minimum atomic E-state index is 0.883. The van der Waals surface area contributed by atoms with E-state index in [4.69, 9.17) is 0 Å². The second kappa shape index (κ2) is 4.69. The molecule has 2 heterocycles. The van der Waals surface area contributed by atoms with Gasteiger partial charge in [0.15, 0.2) is 0 Å². The van der Waals surface area contributed by atoms with Crippen molar-refractivity contribution in [2.24, 2.45) is 0 Å². The van der Waals surface area contributed by atoms with Gasteiger partial charge in [0, 0.05) is 24.2 Å². The third-order valence-electron chi connectivity index (χ3n) is 3.16. The van der Waals surface area contributed by atoms with Crippen LogP contribution in [0.2, 0.25) is 0 Å². The summed E-state index contributed by atoms with van der Waals surface area (Å²) in [7, 11) is 1.87. The summed E-state index contributed by atoms with van der Waals surface area (Å²) in [5, 5.41) is 4.17. The Morgan fingerprint density at radius 2 is 1.89 bits per heavy atom. The van der Waals surface area contributed by atoms with E-state index in [2.05, 4.69) is 46.5 Å². The molecule has 94 valence electrons. The molecule has 0 atom stereocenters. The highest BCUT2D eigenvalue weighted by Crippen LogP contribution is 2.23. The molecule has 0 unspecified atom stereocenters. The summed E-state index contributed by atoms with van der Waals surface area (Å²) < 4.78 is 0. The Labute approximate surface area is 112 Å². The average Bonchev–Trinajstić information content (AvgIpc) is 2.46. The molecule has 0 aliphatic heterocycles. The maximum absolute atomic E-state index is 4.51. The molecule has 0 saturated heterocycles. The lowest BCUT2D eigenvalue weighted by Gasteiger charge is -2.05. The van der Waals surface area contributed by atoms with Crippen molar-refractivity contribution in [3.8, 4) is 11.3 Å². The van der Waals surface area contributed by atoms with Crippen LogP contribution in [0.25, 0.3) is 22.2 Å². The molecule has 1 aromatic carbocycles. The monoisotopic (exact) mass is 249 g/mol. The predicted molar refractivity (Wildman–Crippen MR) is 79.3 cm³/mol. The van der Waals surface area contributed by atoms with Gasteiger partial charge in [-0.2, -0.15) is 0 Å². The molecule has 3 heteroatoms. The highest BCUT2D eigenvalue weighted by atomic mass is 15.0.